The normalized spacial score (nSPS) is 22.3. The van der Waals surface area contributed by atoms with E-state index in [2.05, 4.69) is 24.4 Å². The molecule has 17 heavy (non-hydrogen) atoms. The predicted octanol–water partition coefficient (Wildman–Crippen LogP) is 2.98. The highest BCUT2D eigenvalue weighted by atomic mass is 14.9. The van der Waals surface area contributed by atoms with E-state index in [0.717, 1.165) is 18.0 Å². The quantitative estimate of drug-likeness (QED) is 0.783. The molecule has 0 bridgehead atoms. The molecular formula is C15H24N2. The minimum Gasteiger partial charge on any atom is -0.399 e. The molecule has 0 aromatic heterocycles. The van der Waals surface area contributed by atoms with Gasteiger partial charge in [-0.25, -0.2) is 0 Å². The van der Waals surface area contributed by atoms with Gasteiger partial charge in [0.25, 0.3) is 0 Å². The van der Waals surface area contributed by atoms with Crippen molar-refractivity contribution >= 4 is 5.69 Å². The van der Waals surface area contributed by atoms with Gasteiger partial charge in [0.15, 0.2) is 0 Å². The zero-order chi connectivity index (χ0) is 12.1. The van der Waals surface area contributed by atoms with E-state index in [4.69, 9.17) is 5.73 Å². The first kappa shape index (κ1) is 12.4. The van der Waals surface area contributed by atoms with Gasteiger partial charge in [-0.05, 0) is 49.8 Å². The van der Waals surface area contributed by atoms with Crippen LogP contribution in [0.3, 0.4) is 0 Å². The molecule has 1 fully saturated rings. The van der Waals surface area contributed by atoms with Crippen LogP contribution in [0.2, 0.25) is 0 Å². The fourth-order valence-electron chi connectivity index (χ4n) is 2.71. The Morgan fingerprint density at radius 1 is 1.35 bits per heavy atom. The second-order valence-corrected chi connectivity index (χ2v) is 5.27. The average Bonchev–Trinajstić information content (AvgIpc) is 2.38. The van der Waals surface area contributed by atoms with Gasteiger partial charge < -0.3 is 11.1 Å². The first-order valence-electron chi connectivity index (χ1n) is 6.84. The molecule has 2 nitrogen and oxygen atoms in total. The predicted molar refractivity (Wildman–Crippen MR) is 74.0 cm³/mol. The number of piperidine rings is 1. The van der Waals surface area contributed by atoms with Crippen LogP contribution in [0.1, 0.15) is 38.2 Å². The molecule has 0 amide bonds. The molecule has 1 saturated heterocycles. The molecule has 1 aliphatic rings. The molecule has 0 aliphatic carbocycles. The lowest BCUT2D eigenvalue weighted by Crippen LogP contribution is -2.39. The van der Waals surface area contributed by atoms with Crippen LogP contribution in [0.4, 0.5) is 5.69 Å². The molecule has 2 rings (SSSR count). The van der Waals surface area contributed by atoms with Crippen LogP contribution < -0.4 is 11.1 Å². The number of anilines is 1. The van der Waals surface area contributed by atoms with Crippen LogP contribution in [0.25, 0.3) is 0 Å². The lowest BCUT2D eigenvalue weighted by molar-refractivity contribution is 0.298. The summed E-state index contributed by atoms with van der Waals surface area (Å²) in [5.74, 6) is 0.745. The van der Waals surface area contributed by atoms with Gasteiger partial charge in [-0.1, -0.05) is 31.5 Å². The third kappa shape index (κ3) is 3.47. The zero-order valence-corrected chi connectivity index (χ0v) is 10.8. The summed E-state index contributed by atoms with van der Waals surface area (Å²) in [6.07, 6.45) is 6.40. The number of benzene rings is 1. The largest absolute Gasteiger partial charge is 0.399 e. The third-order valence-electron chi connectivity index (χ3n) is 3.96. The van der Waals surface area contributed by atoms with Gasteiger partial charge in [-0.2, -0.15) is 0 Å². The SMILES string of the molecule is CC(CCc1ccccc1N)C1CCCCN1. The van der Waals surface area contributed by atoms with Crippen molar-refractivity contribution in [3.63, 3.8) is 0 Å². The number of rotatable bonds is 4. The Bertz CT molecular complexity index is 343. The lowest BCUT2D eigenvalue weighted by Gasteiger charge is -2.29. The standard InChI is InChI=1S/C15H24N2/c1-12(15-8-4-5-11-17-15)9-10-13-6-2-3-7-14(13)16/h2-3,6-7,12,15,17H,4-5,8-11,16H2,1H3. The van der Waals surface area contributed by atoms with E-state index in [1.165, 1.54) is 37.8 Å². The summed E-state index contributed by atoms with van der Waals surface area (Å²) in [6, 6.07) is 8.95. The summed E-state index contributed by atoms with van der Waals surface area (Å²) in [7, 11) is 0. The van der Waals surface area contributed by atoms with Crippen LogP contribution >= 0.6 is 0 Å². The smallest absolute Gasteiger partial charge is 0.0346 e. The average molecular weight is 232 g/mol. The maximum atomic E-state index is 5.97. The molecule has 1 aliphatic heterocycles. The molecule has 0 radical (unpaired) electrons. The number of nitrogen functional groups attached to an aromatic ring is 1. The van der Waals surface area contributed by atoms with Gasteiger partial charge in [0.2, 0.25) is 0 Å². The Labute approximate surface area is 105 Å². The first-order valence-corrected chi connectivity index (χ1v) is 6.84. The maximum Gasteiger partial charge on any atom is 0.0346 e. The van der Waals surface area contributed by atoms with Crippen LogP contribution in [0.15, 0.2) is 24.3 Å². The maximum absolute atomic E-state index is 5.97. The van der Waals surface area contributed by atoms with E-state index < -0.39 is 0 Å². The van der Waals surface area contributed by atoms with E-state index in [1.807, 2.05) is 12.1 Å². The first-order chi connectivity index (χ1) is 8.27. The number of hydrogen-bond acceptors (Lipinski definition) is 2. The molecule has 1 heterocycles. The van der Waals surface area contributed by atoms with Gasteiger partial charge in [0.05, 0.1) is 0 Å². The van der Waals surface area contributed by atoms with E-state index in [1.54, 1.807) is 0 Å². The zero-order valence-electron chi connectivity index (χ0n) is 10.8. The molecule has 0 spiro atoms. The summed E-state index contributed by atoms with van der Waals surface area (Å²) >= 11 is 0. The van der Waals surface area contributed by atoms with Gasteiger partial charge in [0.1, 0.15) is 0 Å². The van der Waals surface area contributed by atoms with Gasteiger partial charge in [0, 0.05) is 11.7 Å². The Kier molecular flexibility index (Phi) is 4.43. The van der Waals surface area contributed by atoms with Gasteiger partial charge in [-0.3, -0.25) is 0 Å². The topological polar surface area (TPSA) is 38.0 Å². The van der Waals surface area contributed by atoms with E-state index >= 15 is 0 Å². The summed E-state index contributed by atoms with van der Waals surface area (Å²) in [5, 5.41) is 3.64. The van der Waals surface area contributed by atoms with E-state index in [-0.39, 0.29) is 0 Å². The highest BCUT2D eigenvalue weighted by molar-refractivity contribution is 5.46. The van der Waals surface area contributed by atoms with Crippen molar-refractivity contribution < 1.29 is 0 Å². The minimum absolute atomic E-state index is 0.716. The fraction of sp³-hybridized carbons (Fsp3) is 0.600. The van der Waals surface area contributed by atoms with Crippen molar-refractivity contribution in [2.75, 3.05) is 12.3 Å². The highest BCUT2D eigenvalue weighted by Crippen LogP contribution is 2.21. The second-order valence-electron chi connectivity index (χ2n) is 5.27. The monoisotopic (exact) mass is 232 g/mol. The van der Waals surface area contributed by atoms with Crippen molar-refractivity contribution in [2.45, 2.75) is 45.1 Å². The van der Waals surface area contributed by atoms with Crippen molar-refractivity contribution in [3.05, 3.63) is 29.8 Å². The Balaban J connectivity index is 1.83. The summed E-state index contributed by atoms with van der Waals surface area (Å²) in [4.78, 5) is 0. The molecule has 2 unspecified atom stereocenters. The number of aryl methyl sites for hydroxylation is 1. The van der Waals surface area contributed by atoms with E-state index in [9.17, 15) is 0 Å². The highest BCUT2D eigenvalue weighted by Gasteiger charge is 2.19. The molecule has 1 aromatic rings. The Morgan fingerprint density at radius 3 is 2.88 bits per heavy atom. The van der Waals surface area contributed by atoms with Crippen LogP contribution in [-0.4, -0.2) is 12.6 Å². The Morgan fingerprint density at radius 2 is 2.18 bits per heavy atom. The summed E-state index contributed by atoms with van der Waals surface area (Å²) in [6.45, 7) is 3.56. The van der Waals surface area contributed by atoms with Crippen LogP contribution in [0, 0.1) is 5.92 Å². The molecule has 0 saturated carbocycles. The summed E-state index contributed by atoms with van der Waals surface area (Å²) < 4.78 is 0. The van der Waals surface area contributed by atoms with Crippen LogP contribution in [0.5, 0.6) is 0 Å². The lowest BCUT2D eigenvalue weighted by atomic mass is 9.89. The summed E-state index contributed by atoms with van der Waals surface area (Å²) in [5.41, 5.74) is 8.21. The minimum atomic E-state index is 0.716. The fourth-order valence-corrected chi connectivity index (χ4v) is 2.71. The molecule has 2 atom stereocenters. The number of nitrogens with two attached hydrogens (primary N) is 1. The van der Waals surface area contributed by atoms with Crippen LogP contribution in [-0.2, 0) is 6.42 Å². The molecule has 94 valence electrons. The molecule has 3 N–H and O–H groups in total. The molecular weight excluding hydrogens is 208 g/mol. The van der Waals surface area contributed by atoms with Crippen molar-refractivity contribution in [1.82, 2.24) is 5.32 Å². The van der Waals surface area contributed by atoms with Gasteiger partial charge in [-0.15, -0.1) is 0 Å². The van der Waals surface area contributed by atoms with Gasteiger partial charge >= 0.3 is 0 Å². The third-order valence-corrected chi connectivity index (χ3v) is 3.96. The molecule has 2 heteroatoms. The van der Waals surface area contributed by atoms with Crippen molar-refractivity contribution in [1.29, 1.82) is 0 Å². The second kappa shape index (κ2) is 6.06. The number of nitrogens with one attached hydrogen (secondary N) is 1. The molecule has 1 aromatic carbocycles. The number of hydrogen-bond donors (Lipinski definition) is 2. The van der Waals surface area contributed by atoms with Crippen molar-refractivity contribution in [2.24, 2.45) is 5.92 Å². The van der Waals surface area contributed by atoms with E-state index in [0.29, 0.717) is 6.04 Å². The van der Waals surface area contributed by atoms with Crippen molar-refractivity contribution in [3.8, 4) is 0 Å². The Hall–Kier alpha value is -1.02. The number of para-hydroxylation sites is 1.